The average Bonchev–Trinajstić information content (AvgIpc) is 2.51. The molecule has 1 aromatic rings. The van der Waals surface area contributed by atoms with Crippen molar-refractivity contribution in [1.29, 1.82) is 0 Å². The van der Waals surface area contributed by atoms with Crippen molar-refractivity contribution < 1.29 is 9.52 Å². The zero-order valence-electron chi connectivity index (χ0n) is 7.58. The first-order valence-corrected chi connectivity index (χ1v) is 4.32. The van der Waals surface area contributed by atoms with Gasteiger partial charge in [0, 0.05) is 5.92 Å². The van der Waals surface area contributed by atoms with Crippen molar-refractivity contribution in [3.63, 3.8) is 0 Å². The van der Waals surface area contributed by atoms with E-state index in [1.165, 1.54) is 6.39 Å². The largest absolute Gasteiger partial charge is 0.448 e. The van der Waals surface area contributed by atoms with Crippen molar-refractivity contribution in [2.24, 2.45) is 0 Å². The molecule has 0 aromatic carbocycles. The van der Waals surface area contributed by atoms with E-state index in [1.807, 2.05) is 0 Å². The van der Waals surface area contributed by atoms with E-state index in [2.05, 4.69) is 18.8 Å². The Hall–Kier alpha value is -0.830. The predicted octanol–water partition coefficient (Wildman–Crippen LogP) is 2.07. The third-order valence-electron chi connectivity index (χ3n) is 1.99. The summed E-state index contributed by atoms with van der Waals surface area (Å²) in [6.07, 6.45) is 3.59. The molecule has 0 amide bonds. The molecular weight excluding hydrogens is 154 g/mol. The maximum absolute atomic E-state index is 8.90. The van der Waals surface area contributed by atoms with Gasteiger partial charge in [-0.15, -0.1) is 0 Å². The molecule has 0 aliphatic rings. The van der Waals surface area contributed by atoms with Gasteiger partial charge in [-0.3, -0.25) is 0 Å². The molecule has 1 aromatic heterocycles. The third kappa shape index (κ3) is 1.85. The van der Waals surface area contributed by atoms with Gasteiger partial charge in [0.1, 0.15) is 11.5 Å². The molecule has 0 radical (unpaired) electrons. The van der Waals surface area contributed by atoms with Crippen molar-refractivity contribution in [3.05, 3.63) is 17.8 Å². The first kappa shape index (κ1) is 9.26. The summed E-state index contributed by atoms with van der Waals surface area (Å²) in [5.41, 5.74) is 0.677. The van der Waals surface area contributed by atoms with Gasteiger partial charge in [0.05, 0.1) is 6.61 Å². The van der Waals surface area contributed by atoms with Crippen molar-refractivity contribution in [2.75, 3.05) is 0 Å². The molecule has 3 heteroatoms. The summed E-state index contributed by atoms with van der Waals surface area (Å²) in [5, 5.41) is 8.90. The van der Waals surface area contributed by atoms with E-state index in [0.717, 1.165) is 18.6 Å². The van der Waals surface area contributed by atoms with Crippen molar-refractivity contribution in [3.8, 4) is 0 Å². The van der Waals surface area contributed by atoms with Gasteiger partial charge in [-0.05, 0) is 6.42 Å². The normalized spacial score (nSPS) is 13.2. The summed E-state index contributed by atoms with van der Waals surface area (Å²) in [7, 11) is 0. The maximum atomic E-state index is 8.90. The molecule has 1 unspecified atom stereocenters. The first-order valence-electron chi connectivity index (χ1n) is 4.32. The van der Waals surface area contributed by atoms with Gasteiger partial charge in [0.15, 0.2) is 6.39 Å². The maximum Gasteiger partial charge on any atom is 0.181 e. The predicted molar refractivity (Wildman–Crippen MR) is 45.7 cm³/mol. The zero-order chi connectivity index (χ0) is 8.97. The minimum atomic E-state index is -0.0279. The Bertz CT molecular complexity index is 232. The number of hydrogen-bond donors (Lipinski definition) is 1. The highest BCUT2D eigenvalue weighted by Gasteiger charge is 2.13. The molecule has 0 fully saturated rings. The average molecular weight is 169 g/mol. The Morgan fingerprint density at radius 2 is 2.42 bits per heavy atom. The molecule has 0 saturated carbocycles. The highest BCUT2D eigenvalue weighted by molar-refractivity contribution is 5.10. The van der Waals surface area contributed by atoms with Gasteiger partial charge >= 0.3 is 0 Å². The standard InChI is InChI=1S/C9H15NO2/c1-3-4-7(2)9-8(5-11)10-6-12-9/h6-7,11H,3-5H2,1-2H3. The molecule has 0 saturated heterocycles. The van der Waals surface area contributed by atoms with Crippen LogP contribution in [0, 0.1) is 0 Å². The number of rotatable bonds is 4. The number of oxazole rings is 1. The minimum Gasteiger partial charge on any atom is -0.448 e. The molecular formula is C9H15NO2. The molecule has 0 spiro atoms. The number of aliphatic hydroxyl groups is 1. The van der Waals surface area contributed by atoms with E-state index in [4.69, 9.17) is 9.52 Å². The van der Waals surface area contributed by atoms with Crippen LogP contribution in [0.4, 0.5) is 0 Å². The van der Waals surface area contributed by atoms with Crippen LogP contribution >= 0.6 is 0 Å². The Labute approximate surface area is 72.4 Å². The van der Waals surface area contributed by atoms with Crippen LogP contribution < -0.4 is 0 Å². The summed E-state index contributed by atoms with van der Waals surface area (Å²) >= 11 is 0. The quantitative estimate of drug-likeness (QED) is 0.750. The van der Waals surface area contributed by atoms with Crippen LogP contribution in [0.1, 0.15) is 44.1 Å². The second-order valence-corrected chi connectivity index (χ2v) is 3.01. The molecule has 0 aliphatic carbocycles. The smallest absolute Gasteiger partial charge is 0.181 e. The lowest BCUT2D eigenvalue weighted by Crippen LogP contribution is -1.96. The Morgan fingerprint density at radius 1 is 1.67 bits per heavy atom. The topological polar surface area (TPSA) is 46.3 Å². The fraction of sp³-hybridized carbons (Fsp3) is 0.667. The Balaban J connectivity index is 2.71. The fourth-order valence-corrected chi connectivity index (χ4v) is 1.36. The first-order chi connectivity index (χ1) is 5.79. The van der Waals surface area contributed by atoms with Crippen molar-refractivity contribution in [1.82, 2.24) is 4.98 Å². The fourth-order valence-electron chi connectivity index (χ4n) is 1.36. The van der Waals surface area contributed by atoms with Crippen LogP contribution in [-0.2, 0) is 6.61 Å². The summed E-state index contributed by atoms with van der Waals surface area (Å²) < 4.78 is 5.20. The van der Waals surface area contributed by atoms with E-state index < -0.39 is 0 Å². The molecule has 0 aliphatic heterocycles. The van der Waals surface area contributed by atoms with E-state index in [0.29, 0.717) is 11.6 Å². The van der Waals surface area contributed by atoms with Crippen LogP contribution in [0.15, 0.2) is 10.8 Å². The second kappa shape index (κ2) is 4.26. The minimum absolute atomic E-state index is 0.0279. The highest BCUT2D eigenvalue weighted by Crippen LogP contribution is 2.23. The summed E-state index contributed by atoms with van der Waals surface area (Å²) in [4.78, 5) is 3.92. The molecule has 1 rings (SSSR count). The monoisotopic (exact) mass is 169 g/mol. The van der Waals surface area contributed by atoms with Crippen LogP contribution in [0.3, 0.4) is 0 Å². The lowest BCUT2D eigenvalue weighted by Gasteiger charge is -2.06. The van der Waals surface area contributed by atoms with Crippen molar-refractivity contribution in [2.45, 2.75) is 39.2 Å². The lowest BCUT2D eigenvalue weighted by atomic mass is 10.0. The van der Waals surface area contributed by atoms with E-state index in [9.17, 15) is 0 Å². The molecule has 3 nitrogen and oxygen atoms in total. The highest BCUT2D eigenvalue weighted by atomic mass is 16.3. The van der Waals surface area contributed by atoms with Gasteiger partial charge in [0.2, 0.25) is 0 Å². The molecule has 68 valence electrons. The summed E-state index contributed by atoms with van der Waals surface area (Å²) in [5.74, 6) is 1.19. The van der Waals surface area contributed by atoms with Crippen LogP contribution in [-0.4, -0.2) is 10.1 Å². The number of hydrogen-bond acceptors (Lipinski definition) is 3. The van der Waals surface area contributed by atoms with E-state index in [1.54, 1.807) is 0 Å². The number of aliphatic hydroxyl groups excluding tert-OH is 1. The van der Waals surface area contributed by atoms with Gasteiger partial charge in [-0.1, -0.05) is 20.3 Å². The van der Waals surface area contributed by atoms with E-state index >= 15 is 0 Å². The summed E-state index contributed by atoms with van der Waals surface area (Å²) in [6.45, 7) is 4.19. The molecule has 12 heavy (non-hydrogen) atoms. The summed E-state index contributed by atoms with van der Waals surface area (Å²) in [6, 6.07) is 0. The van der Waals surface area contributed by atoms with Gasteiger partial charge in [0.25, 0.3) is 0 Å². The Kier molecular flexibility index (Phi) is 3.29. The van der Waals surface area contributed by atoms with Gasteiger partial charge in [-0.2, -0.15) is 0 Å². The lowest BCUT2D eigenvalue weighted by molar-refractivity contribution is 0.272. The molecule has 1 N–H and O–H groups in total. The number of aromatic nitrogens is 1. The van der Waals surface area contributed by atoms with Crippen molar-refractivity contribution >= 4 is 0 Å². The zero-order valence-corrected chi connectivity index (χ0v) is 7.58. The van der Waals surface area contributed by atoms with E-state index in [-0.39, 0.29) is 6.61 Å². The number of nitrogens with zero attached hydrogens (tertiary/aromatic N) is 1. The van der Waals surface area contributed by atoms with Crippen LogP contribution in [0.5, 0.6) is 0 Å². The molecule has 1 atom stereocenters. The SMILES string of the molecule is CCCC(C)c1ocnc1CO. The van der Waals surface area contributed by atoms with Gasteiger partial charge in [-0.25, -0.2) is 4.98 Å². The molecule has 1 heterocycles. The second-order valence-electron chi connectivity index (χ2n) is 3.01. The Morgan fingerprint density at radius 3 is 3.00 bits per heavy atom. The van der Waals surface area contributed by atoms with Crippen LogP contribution in [0.25, 0.3) is 0 Å². The van der Waals surface area contributed by atoms with Gasteiger partial charge < -0.3 is 9.52 Å². The third-order valence-corrected chi connectivity index (χ3v) is 1.99. The molecule has 0 bridgehead atoms. The van der Waals surface area contributed by atoms with Crippen LogP contribution in [0.2, 0.25) is 0 Å².